The highest BCUT2D eigenvalue weighted by Crippen LogP contribution is 2.31. The summed E-state index contributed by atoms with van der Waals surface area (Å²) in [4.78, 5) is 4.64. The Labute approximate surface area is 158 Å². The van der Waals surface area contributed by atoms with Gasteiger partial charge in [-0.1, -0.05) is 40.8 Å². The van der Waals surface area contributed by atoms with Crippen LogP contribution in [0.25, 0.3) is 0 Å². The molecule has 1 aliphatic rings. The van der Waals surface area contributed by atoms with Crippen LogP contribution in [0.5, 0.6) is 5.75 Å². The predicted molar refractivity (Wildman–Crippen MR) is 104 cm³/mol. The van der Waals surface area contributed by atoms with E-state index >= 15 is 0 Å². The van der Waals surface area contributed by atoms with Crippen LogP contribution in [0.1, 0.15) is 29.1 Å². The highest BCUT2D eigenvalue weighted by Gasteiger charge is 2.22. The van der Waals surface area contributed by atoms with Gasteiger partial charge in [-0.05, 0) is 31.9 Å². The molecule has 130 valence electrons. The molecule has 0 spiro atoms. The molecule has 25 heavy (non-hydrogen) atoms. The average Bonchev–Trinajstić information content (AvgIpc) is 3.13. The zero-order valence-corrected chi connectivity index (χ0v) is 16.2. The molecule has 5 nitrogen and oxygen atoms in total. The van der Waals surface area contributed by atoms with E-state index < -0.39 is 0 Å². The first-order chi connectivity index (χ1) is 12.2. The van der Waals surface area contributed by atoms with Gasteiger partial charge in [-0.25, -0.2) is 4.98 Å². The van der Waals surface area contributed by atoms with E-state index in [0.717, 1.165) is 31.7 Å². The minimum absolute atomic E-state index is 0.507. The standard InChI is InChI=1S/C17H18N4OS3/c1-11-2-6-14(7-3-11)22-8-15-18-13(9-23-15)10-24-17-21-20-16(25-17)19-12-4-5-12/h2-3,6-7,9,12H,4-5,8,10H2,1H3,(H,19,20). The molecule has 0 atom stereocenters. The molecular weight excluding hydrogens is 372 g/mol. The van der Waals surface area contributed by atoms with Crippen LogP contribution in [-0.4, -0.2) is 21.2 Å². The van der Waals surface area contributed by atoms with Crippen molar-refractivity contribution < 1.29 is 4.74 Å². The summed E-state index contributed by atoms with van der Waals surface area (Å²) in [6.45, 7) is 2.57. The largest absolute Gasteiger partial charge is 0.486 e. The summed E-state index contributed by atoms with van der Waals surface area (Å²) in [6, 6.07) is 8.69. The quantitative estimate of drug-likeness (QED) is 0.560. The Kier molecular flexibility index (Phi) is 5.19. The fraction of sp³-hybridized carbons (Fsp3) is 0.353. The molecule has 0 bridgehead atoms. The molecule has 0 unspecified atom stereocenters. The zero-order valence-electron chi connectivity index (χ0n) is 13.8. The van der Waals surface area contributed by atoms with E-state index in [0.29, 0.717) is 12.6 Å². The number of aromatic nitrogens is 3. The van der Waals surface area contributed by atoms with Crippen LogP contribution < -0.4 is 10.1 Å². The van der Waals surface area contributed by atoms with Crippen molar-refractivity contribution in [3.05, 3.63) is 45.9 Å². The van der Waals surface area contributed by atoms with Crippen LogP contribution in [0.2, 0.25) is 0 Å². The Balaban J connectivity index is 1.26. The van der Waals surface area contributed by atoms with Crippen LogP contribution in [0.15, 0.2) is 34.0 Å². The summed E-state index contributed by atoms with van der Waals surface area (Å²) in [5, 5.41) is 15.8. The van der Waals surface area contributed by atoms with E-state index in [2.05, 4.69) is 32.8 Å². The smallest absolute Gasteiger partial charge is 0.206 e. The van der Waals surface area contributed by atoms with Crippen molar-refractivity contribution >= 4 is 39.6 Å². The van der Waals surface area contributed by atoms with Crippen molar-refractivity contribution in [2.45, 2.75) is 42.5 Å². The maximum atomic E-state index is 5.78. The maximum Gasteiger partial charge on any atom is 0.206 e. The number of aryl methyl sites for hydroxylation is 1. The lowest BCUT2D eigenvalue weighted by atomic mass is 10.2. The van der Waals surface area contributed by atoms with Gasteiger partial charge in [0.25, 0.3) is 0 Å². The lowest BCUT2D eigenvalue weighted by molar-refractivity contribution is 0.305. The molecule has 0 saturated heterocycles. The van der Waals surface area contributed by atoms with Crippen molar-refractivity contribution in [2.75, 3.05) is 5.32 Å². The van der Waals surface area contributed by atoms with Gasteiger partial charge in [0.05, 0.1) is 5.69 Å². The summed E-state index contributed by atoms with van der Waals surface area (Å²) < 4.78 is 6.76. The van der Waals surface area contributed by atoms with Gasteiger partial charge in [0.2, 0.25) is 5.13 Å². The number of nitrogens with zero attached hydrogens (tertiary/aromatic N) is 3. The van der Waals surface area contributed by atoms with Crippen LogP contribution in [0, 0.1) is 6.92 Å². The van der Waals surface area contributed by atoms with Gasteiger partial charge in [0.15, 0.2) is 4.34 Å². The van der Waals surface area contributed by atoms with Crippen molar-refractivity contribution in [2.24, 2.45) is 0 Å². The molecule has 8 heteroatoms. The summed E-state index contributed by atoms with van der Waals surface area (Å²) >= 11 is 4.93. The van der Waals surface area contributed by atoms with Crippen LogP contribution in [0.3, 0.4) is 0 Å². The van der Waals surface area contributed by atoms with E-state index in [1.165, 1.54) is 18.4 Å². The summed E-state index contributed by atoms with van der Waals surface area (Å²) in [5.74, 6) is 1.68. The molecule has 2 aromatic heterocycles. The number of rotatable bonds is 8. The Hall–Kier alpha value is -1.64. The monoisotopic (exact) mass is 390 g/mol. The number of anilines is 1. The van der Waals surface area contributed by atoms with Gasteiger partial charge < -0.3 is 10.1 Å². The Morgan fingerprint density at radius 2 is 2.08 bits per heavy atom. The first kappa shape index (κ1) is 16.8. The van der Waals surface area contributed by atoms with E-state index in [-0.39, 0.29) is 0 Å². The molecule has 0 aliphatic heterocycles. The number of hydrogen-bond acceptors (Lipinski definition) is 8. The summed E-state index contributed by atoms with van der Waals surface area (Å²) in [5.41, 5.74) is 2.29. The summed E-state index contributed by atoms with van der Waals surface area (Å²) in [6.07, 6.45) is 2.49. The molecule has 1 aromatic carbocycles. The summed E-state index contributed by atoms with van der Waals surface area (Å²) in [7, 11) is 0. The van der Waals surface area contributed by atoms with Crippen molar-refractivity contribution in [3.8, 4) is 5.75 Å². The number of thiazole rings is 1. The van der Waals surface area contributed by atoms with Gasteiger partial charge in [-0.2, -0.15) is 0 Å². The van der Waals surface area contributed by atoms with E-state index in [1.807, 2.05) is 24.3 Å². The second-order valence-corrected chi connectivity index (χ2v) is 9.06. The number of benzene rings is 1. The highest BCUT2D eigenvalue weighted by atomic mass is 32.2. The first-order valence-corrected chi connectivity index (χ1v) is 10.8. The lowest BCUT2D eigenvalue weighted by Crippen LogP contribution is -1.99. The molecule has 0 radical (unpaired) electrons. The molecule has 0 amide bonds. The molecule has 3 aromatic rings. The molecule has 2 heterocycles. The second kappa shape index (κ2) is 7.72. The predicted octanol–water partition coefficient (Wildman–Crippen LogP) is 4.75. The fourth-order valence-corrected chi connectivity index (χ4v) is 4.66. The minimum atomic E-state index is 0.507. The van der Waals surface area contributed by atoms with Crippen molar-refractivity contribution in [1.82, 2.24) is 15.2 Å². The van der Waals surface area contributed by atoms with Crippen molar-refractivity contribution in [1.29, 1.82) is 0 Å². The lowest BCUT2D eigenvalue weighted by Gasteiger charge is -2.03. The third-order valence-corrected chi connectivity index (χ3v) is 6.53. The Morgan fingerprint density at radius 3 is 2.88 bits per heavy atom. The Morgan fingerprint density at radius 1 is 1.24 bits per heavy atom. The molecular formula is C17H18N4OS3. The van der Waals surface area contributed by atoms with E-state index in [4.69, 9.17) is 4.74 Å². The van der Waals surface area contributed by atoms with Crippen molar-refractivity contribution in [3.63, 3.8) is 0 Å². The molecule has 1 saturated carbocycles. The third kappa shape index (κ3) is 4.93. The first-order valence-electron chi connectivity index (χ1n) is 8.10. The molecule has 1 fully saturated rings. The molecule has 1 aliphatic carbocycles. The number of ether oxygens (including phenoxy) is 1. The second-order valence-electron chi connectivity index (χ2n) is 5.91. The Bertz CT molecular complexity index is 827. The van der Waals surface area contributed by atoms with Crippen LogP contribution in [0.4, 0.5) is 5.13 Å². The molecule has 1 N–H and O–H groups in total. The number of thioether (sulfide) groups is 1. The molecule has 4 rings (SSSR count). The van der Waals surface area contributed by atoms with Gasteiger partial charge >= 0.3 is 0 Å². The zero-order chi connectivity index (χ0) is 17.1. The normalized spacial score (nSPS) is 13.8. The maximum absolute atomic E-state index is 5.78. The van der Waals surface area contributed by atoms with Crippen LogP contribution in [-0.2, 0) is 12.4 Å². The van der Waals surface area contributed by atoms with Gasteiger partial charge in [0, 0.05) is 17.2 Å². The third-order valence-electron chi connectivity index (χ3n) is 3.64. The fourth-order valence-electron chi connectivity index (χ4n) is 2.13. The highest BCUT2D eigenvalue weighted by molar-refractivity contribution is 8.00. The number of hydrogen-bond donors (Lipinski definition) is 1. The van der Waals surface area contributed by atoms with E-state index in [1.54, 1.807) is 34.4 Å². The average molecular weight is 391 g/mol. The minimum Gasteiger partial charge on any atom is -0.486 e. The van der Waals surface area contributed by atoms with Gasteiger partial charge in [-0.3, -0.25) is 0 Å². The van der Waals surface area contributed by atoms with E-state index in [9.17, 15) is 0 Å². The van der Waals surface area contributed by atoms with Gasteiger partial charge in [0.1, 0.15) is 17.4 Å². The number of nitrogens with one attached hydrogen (secondary N) is 1. The topological polar surface area (TPSA) is 59.9 Å². The van der Waals surface area contributed by atoms with Crippen LogP contribution >= 0.6 is 34.4 Å². The van der Waals surface area contributed by atoms with Gasteiger partial charge in [-0.15, -0.1) is 21.5 Å². The SMILES string of the molecule is Cc1ccc(OCc2nc(CSc3nnc(NC4CC4)s3)cs2)cc1.